The van der Waals surface area contributed by atoms with E-state index < -0.39 is 0 Å². The fourth-order valence-corrected chi connectivity index (χ4v) is 3.30. The van der Waals surface area contributed by atoms with Crippen molar-refractivity contribution in [3.63, 3.8) is 0 Å². The van der Waals surface area contributed by atoms with Crippen LogP contribution in [0.4, 0.5) is 0 Å². The first-order chi connectivity index (χ1) is 12.2. The van der Waals surface area contributed by atoms with Gasteiger partial charge in [-0.15, -0.1) is 0 Å². The third-order valence-corrected chi connectivity index (χ3v) is 4.47. The van der Waals surface area contributed by atoms with Gasteiger partial charge in [-0.1, -0.05) is 29.8 Å². The molecule has 2 aromatic carbocycles. The number of hydrogen-bond donors (Lipinski definition) is 0. The summed E-state index contributed by atoms with van der Waals surface area (Å²) >= 11 is 6.12. The van der Waals surface area contributed by atoms with Crippen LogP contribution < -0.4 is 4.74 Å². The minimum atomic E-state index is 0.608. The van der Waals surface area contributed by atoms with Crippen LogP contribution in [0.2, 0.25) is 5.02 Å². The van der Waals surface area contributed by atoms with Crippen LogP contribution in [0.1, 0.15) is 13.8 Å². The second kappa shape index (κ2) is 6.37. The van der Waals surface area contributed by atoms with Crippen molar-refractivity contribution in [2.24, 2.45) is 0 Å². The Morgan fingerprint density at radius 2 is 1.92 bits per heavy atom. The molecule has 0 unspecified atom stereocenters. The number of ether oxygens (including phenoxy) is 1. The highest BCUT2D eigenvalue weighted by molar-refractivity contribution is 6.31. The van der Waals surface area contributed by atoms with Crippen molar-refractivity contribution >= 4 is 33.5 Å². The lowest BCUT2D eigenvalue weighted by Gasteiger charge is -2.09. The second-order valence-electron chi connectivity index (χ2n) is 5.77. The van der Waals surface area contributed by atoms with Crippen molar-refractivity contribution in [1.82, 2.24) is 14.5 Å². The van der Waals surface area contributed by atoms with E-state index >= 15 is 0 Å². The van der Waals surface area contributed by atoms with E-state index in [-0.39, 0.29) is 0 Å². The van der Waals surface area contributed by atoms with Crippen molar-refractivity contribution < 1.29 is 4.74 Å². The Morgan fingerprint density at radius 3 is 2.72 bits per heavy atom. The van der Waals surface area contributed by atoms with Gasteiger partial charge in [0.25, 0.3) is 0 Å². The fraction of sp³-hybridized carbons (Fsp3) is 0.200. The standard InChI is InChI=1S/C20H18ClN3O/c1-3-24-17-11-9-14(21)12-16(17)23-20(24)15-10-8-13-6-5-7-18(25-4-2)19(13)22-15/h5-12H,3-4H2,1-2H3. The predicted molar refractivity (Wildman–Crippen MR) is 102 cm³/mol. The van der Waals surface area contributed by atoms with E-state index in [2.05, 4.69) is 17.6 Å². The molecule has 0 saturated carbocycles. The second-order valence-corrected chi connectivity index (χ2v) is 6.21. The van der Waals surface area contributed by atoms with Crippen molar-refractivity contribution in [1.29, 1.82) is 0 Å². The highest BCUT2D eigenvalue weighted by Gasteiger charge is 2.14. The average Bonchev–Trinajstić information content (AvgIpc) is 2.99. The molecule has 0 aliphatic carbocycles. The average molecular weight is 352 g/mol. The number of nitrogens with zero attached hydrogens (tertiary/aromatic N) is 3. The van der Waals surface area contributed by atoms with Gasteiger partial charge in [0.05, 0.1) is 17.6 Å². The predicted octanol–water partition coefficient (Wildman–Crippen LogP) is 5.32. The number of pyridine rings is 1. The molecule has 0 radical (unpaired) electrons. The number of fused-ring (bicyclic) bond motifs is 2. The SMILES string of the molecule is CCOc1cccc2ccc(-c3nc4cc(Cl)ccc4n3CC)nc12. The number of aryl methyl sites for hydroxylation is 1. The number of halogens is 1. The zero-order chi connectivity index (χ0) is 17.4. The van der Waals surface area contributed by atoms with Crippen molar-refractivity contribution in [2.45, 2.75) is 20.4 Å². The van der Waals surface area contributed by atoms with Crippen LogP contribution in [-0.4, -0.2) is 21.1 Å². The Balaban J connectivity index is 1.95. The number of hydrogen-bond acceptors (Lipinski definition) is 3. The normalized spacial score (nSPS) is 11.3. The van der Waals surface area contributed by atoms with Gasteiger partial charge < -0.3 is 9.30 Å². The lowest BCUT2D eigenvalue weighted by Crippen LogP contribution is -2.00. The third-order valence-electron chi connectivity index (χ3n) is 4.24. The molecule has 0 bridgehead atoms. The van der Waals surface area contributed by atoms with E-state index in [9.17, 15) is 0 Å². The molecule has 126 valence electrons. The summed E-state index contributed by atoms with van der Waals surface area (Å²) in [5.41, 5.74) is 3.62. The Morgan fingerprint density at radius 1 is 1.04 bits per heavy atom. The van der Waals surface area contributed by atoms with Crippen LogP contribution in [-0.2, 0) is 6.54 Å². The van der Waals surface area contributed by atoms with Gasteiger partial charge in [0.15, 0.2) is 5.82 Å². The number of para-hydroxylation sites is 1. The van der Waals surface area contributed by atoms with Crippen LogP contribution in [0.5, 0.6) is 5.75 Å². The van der Waals surface area contributed by atoms with Crippen LogP contribution in [0.25, 0.3) is 33.5 Å². The van der Waals surface area contributed by atoms with Crippen molar-refractivity contribution in [2.75, 3.05) is 6.61 Å². The summed E-state index contributed by atoms with van der Waals surface area (Å²) in [6, 6.07) is 15.8. The molecule has 2 heterocycles. The maximum atomic E-state index is 6.12. The Bertz CT molecular complexity index is 1070. The molecule has 0 spiro atoms. The molecule has 4 aromatic rings. The van der Waals surface area contributed by atoms with Gasteiger partial charge in [0.2, 0.25) is 0 Å². The van der Waals surface area contributed by atoms with Crippen molar-refractivity contribution in [3.05, 3.63) is 53.6 Å². The first-order valence-corrected chi connectivity index (χ1v) is 8.77. The van der Waals surface area contributed by atoms with Gasteiger partial charge in [0, 0.05) is 17.0 Å². The smallest absolute Gasteiger partial charge is 0.159 e. The lowest BCUT2D eigenvalue weighted by atomic mass is 10.2. The van der Waals surface area contributed by atoms with Crippen LogP contribution in [0, 0.1) is 0 Å². The summed E-state index contributed by atoms with van der Waals surface area (Å²) in [7, 11) is 0. The summed E-state index contributed by atoms with van der Waals surface area (Å²) in [5, 5.41) is 1.74. The van der Waals surface area contributed by atoms with Gasteiger partial charge in [-0.25, -0.2) is 9.97 Å². The van der Waals surface area contributed by atoms with Gasteiger partial charge in [0.1, 0.15) is 17.0 Å². The molecule has 0 saturated heterocycles. The van der Waals surface area contributed by atoms with Gasteiger partial charge in [-0.05, 0) is 44.2 Å². The van der Waals surface area contributed by atoms with Crippen LogP contribution in [0.15, 0.2) is 48.5 Å². The first kappa shape index (κ1) is 15.9. The van der Waals surface area contributed by atoms with Crippen LogP contribution in [0.3, 0.4) is 0 Å². The molecule has 0 amide bonds. The minimum absolute atomic E-state index is 0.608. The molecule has 0 atom stereocenters. The van der Waals surface area contributed by atoms with Gasteiger partial charge in [-0.2, -0.15) is 0 Å². The fourth-order valence-electron chi connectivity index (χ4n) is 3.13. The summed E-state index contributed by atoms with van der Waals surface area (Å²) in [5.74, 6) is 1.64. The zero-order valence-corrected chi connectivity index (χ0v) is 14.9. The van der Waals surface area contributed by atoms with E-state index in [1.807, 2.05) is 49.4 Å². The Kier molecular flexibility index (Phi) is 4.06. The third kappa shape index (κ3) is 2.72. The number of aromatic nitrogens is 3. The zero-order valence-electron chi connectivity index (χ0n) is 14.2. The molecular formula is C20H18ClN3O. The lowest BCUT2D eigenvalue weighted by molar-refractivity contribution is 0.343. The van der Waals surface area contributed by atoms with Crippen LogP contribution >= 0.6 is 11.6 Å². The van der Waals surface area contributed by atoms with Gasteiger partial charge in [-0.3, -0.25) is 0 Å². The number of benzene rings is 2. The van der Waals surface area contributed by atoms with Gasteiger partial charge >= 0.3 is 0 Å². The molecule has 0 N–H and O–H groups in total. The Hall–Kier alpha value is -2.59. The highest BCUT2D eigenvalue weighted by Crippen LogP contribution is 2.29. The summed E-state index contributed by atoms with van der Waals surface area (Å²) in [6.45, 7) is 5.49. The topological polar surface area (TPSA) is 39.9 Å². The molecular weight excluding hydrogens is 334 g/mol. The summed E-state index contributed by atoms with van der Waals surface area (Å²) in [6.07, 6.45) is 0. The van der Waals surface area contributed by atoms with E-state index in [0.717, 1.165) is 45.7 Å². The molecule has 0 fully saturated rings. The quantitative estimate of drug-likeness (QED) is 0.499. The van der Waals surface area contributed by atoms with E-state index in [0.29, 0.717) is 11.6 Å². The largest absolute Gasteiger partial charge is 0.492 e. The number of imidazole rings is 1. The van der Waals surface area contributed by atoms with Crippen molar-refractivity contribution in [3.8, 4) is 17.3 Å². The molecule has 2 aromatic heterocycles. The maximum Gasteiger partial charge on any atom is 0.159 e. The monoisotopic (exact) mass is 351 g/mol. The molecule has 4 nitrogen and oxygen atoms in total. The molecule has 4 rings (SSSR count). The maximum absolute atomic E-state index is 6.12. The molecule has 0 aliphatic heterocycles. The summed E-state index contributed by atoms with van der Waals surface area (Å²) < 4.78 is 7.89. The molecule has 25 heavy (non-hydrogen) atoms. The minimum Gasteiger partial charge on any atom is -0.492 e. The Labute approximate surface area is 151 Å². The molecule has 5 heteroatoms. The highest BCUT2D eigenvalue weighted by atomic mass is 35.5. The first-order valence-electron chi connectivity index (χ1n) is 8.40. The summed E-state index contributed by atoms with van der Waals surface area (Å²) in [4.78, 5) is 9.62. The van der Waals surface area contributed by atoms with E-state index in [1.54, 1.807) is 0 Å². The van der Waals surface area contributed by atoms with E-state index in [1.165, 1.54) is 0 Å². The number of rotatable bonds is 4. The van der Waals surface area contributed by atoms with E-state index in [4.69, 9.17) is 26.3 Å². The molecule has 0 aliphatic rings.